The molecule has 0 amide bonds. The molecule has 1 heterocycles. The highest BCUT2D eigenvalue weighted by atomic mass is 16.4. The summed E-state index contributed by atoms with van der Waals surface area (Å²) in [4.78, 5) is 11.3. The number of hydrogen-bond acceptors (Lipinski definition) is 4. The predicted octanol–water partition coefficient (Wildman–Crippen LogP) is 1.31. The molecule has 1 aromatic carbocycles. The zero-order chi connectivity index (χ0) is 12.6. The molecular weight excluding hydrogens is 220 g/mol. The van der Waals surface area contributed by atoms with Crippen molar-refractivity contribution >= 4 is 16.8 Å². The first kappa shape index (κ1) is 11.7. The number of aromatic nitrogens is 1. The van der Waals surface area contributed by atoms with E-state index in [1.54, 1.807) is 27.0 Å². The molecule has 0 radical (unpaired) electrons. The number of rotatable bonds is 3. The van der Waals surface area contributed by atoms with Gasteiger partial charge < -0.3 is 14.8 Å². The fourth-order valence-corrected chi connectivity index (χ4v) is 1.56. The van der Waals surface area contributed by atoms with Gasteiger partial charge in [0.05, 0.1) is 11.1 Å². The van der Waals surface area contributed by atoms with Crippen LogP contribution < -0.4 is 11.1 Å². The second-order valence-corrected chi connectivity index (χ2v) is 4.78. The highest BCUT2D eigenvalue weighted by Gasteiger charge is 2.12. The van der Waals surface area contributed by atoms with Crippen LogP contribution in [-0.4, -0.2) is 21.8 Å². The molecule has 2 aromatic rings. The van der Waals surface area contributed by atoms with Gasteiger partial charge >= 0.3 is 5.76 Å². The van der Waals surface area contributed by atoms with E-state index < -0.39 is 5.60 Å². The van der Waals surface area contributed by atoms with Crippen LogP contribution in [0.25, 0.3) is 11.1 Å². The Morgan fingerprint density at radius 3 is 2.82 bits per heavy atom. The fourth-order valence-electron chi connectivity index (χ4n) is 1.56. The Bertz CT molecular complexity index is 590. The van der Waals surface area contributed by atoms with Crippen LogP contribution in [-0.2, 0) is 7.05 Å². The van der Waals surface area contributed by atoms with Gasteiger partial charge in [0.1, 0.15) is 0 Å². The van der Waals surface area contributed by atoms with Crippen molar-refractivity contribution in [2.75, 3.05) is 11.9 Å². The van der Waals surface area contributed by atoms with Crippen molar-refractivity contribution in [1.29, 1.82) is 0 Å². The Kier molecular flexibility index (Phi) is 2.71. The SMILES string of the molecule is Cn1c(=O)oc2cc(NCC(C)(C)O)ccc21. The third kappa shape index (κ3) is 2.50. The molecule has 5 nitrogen and oxygen atoms in total. The van der Waals surface area contributed by atoms with Crippen LogP contribution in [0.1, 0.15) is 13.8 Å². The molecule has 0 unspecified atom stereocenters. The van der Waals surface area contributed by atoms with E-state index in [1.807, 2.05) is 12.1 Å². The van der Waals surface area contributed by atoms with E-state index >= 15 is 0 Å². The van der Waals surface area contributed by atoms with Gasteiger partial charge in [-0.05, 0) is 26.0 Å². The molecule has 2 rings (SSSR count). The van der Waals surface area contributed by atoms with Crippen LogP contribution >= 0.6 is 0 Å². The van der Waals surface area contributed by atoms with Gasteiger partial charge in [-0.1, -0.05) is 0 Å². The Morgan fingerprint density at radius 1 is 1.47 bits per heavy atom. The Labute approximate surface area is 98.7 Å². The third-order valence-corrected chi connectivity index (χ3v) is 2.52. The second kappa shape index (κ2) is 3.92. The van der Waals surface area contributed by atoms with E-state index in [0.717, 1.165) is 11.2 Å². The average Bonchev–Trinajstić information content (AvgIpc) is 2.51. The minimum absolute atomic E-state index is 0.375. The van der Waals surface area contributed by atoms with Gasteiger partial charge in [-0.2, -0.15) is 0 Å². The molecule has 0 fully saturated rings. The maximum Gasteiger partial charge on any atom is 0.419 e. The fraction of sp³-hybridized carbons (Fsp3) is 0.417. The van der Waals surface area contributed by atoms with Crippen LogP contribution in [0.4, 0.5) is 5.69 Å². The van der Waals surface area contributed by atoms with E-state index in [0.29, 0.717) is 12.1 Å². The largest absolute Gasteiger partial charge is 0.419 e. The molecule has 0 aliphatic heterocycles. The van der Waals surface area contributed by atoms with Gasteiger partial charge in [-0.3, -0.25) is 4.57 Å². The summed E-state index contributed by atoms with van der Waals surface area (Å²) in [5.41, 5.74) is 1.32. The van der Waals surface area contributed by atoms with Gasteiger partial charge in [0.15, 0.2) is 5.58 Å². The standard InChI is InChI=1S/C12H16N2O3/c1-12(2,16)7-13-8-4-5-9-10(6-8)17-11(15)14(9)3/h4-6,13,16H,7H2,1-3H3. The number of fused-ring (bicyclic) bond motifs is 1. The highest BCUT2D eigenvalue weighted by molar-refractivity contribution is 5.77. The topological polar surface area (TPSA) is 67.4 Å². The third-order valence-electron chi connectivity index (χ3n) is 2.52. The number of aliphatic hydroxyl groups is 1. The molecule has 0 spiro atoms. The zero-order valence-electron chi connectivity index (χ0n) is 10.2. The molecule has 0 saturated carbocycles. The number of anilines is 1. The summed E-state index contributed by atoms with van der Waals surface area (Å²) in [5.74, 6) is -0.375. The van der Waals surface area contributed by atoms with Crippen LogP contribution in [0.15, 0.2) is 27.4 Å². The minimum Gasteiger partial charge on any atom is -0.408 e. The quantitative estimate of drug-likeness (QED) is 0.843. The maximum absolute atomic E-state index is 11.3. The number of aryl methyl sites for hydroxylation is 1. The van der Waals surface area contributed by atoms with Crippen LogP contribution in [0.3, 0.4) is 0 Å². The molecule has 1 aromatic heterocycles. The van der Waals surface area contributed by atoms with Gasteiger partial charge in [-0.25, -0.2) is 4.79 Å². The molecule has 0 aliphatic carbocycles. The molecule has 17 heavy (non-hydrogen) atoms. The van der Waals surface area contributed by atoms with E-state index in [4.69, 9.17) is 4.42 Å². The second-order valence-electron chi connectivity index (χ2n) is 4.78. The first-order valence-corrected chi connectivity index (χ1v) is 5.43. The molecule has 0 atom stereocenters. The number of benzene rings is 1. The minimum atomic E-state index is -0.785. The molecule has 0 saturated heterocycles. The van der Waals surface area contributed by atoms with Gasteiger partial charge in [-0.15, -0.1) is 0 Å². The Hall–Kier alpha value is -1.75. The summed E-state index contributed by atoms with van der Waals surface area (Å²) >= 11 is 0. The van der Waals surface area contributed by atoms with E-state index in [-0.39, 0.29) is 5.76 Å². The van der Waals surface area contributed by atoms with Gasteiger partial charge in [0, 0.05) is 25.3 Å². The number of nitrogens with one attached hydrogen (secondary N) is 1. The lowest BCUT2D eigenvalue weighted by Gasteiger charge is -2.18. The smallest absolute Gasteiger partial charge is 0.408 e. The summed E-state index contributed by atoms with van der Waals surface area (Å²) in [5, 5.41) is 12.7. The summed E-state index contributed by atoms with van der Waals surface area (Å²) in [6.45, 7) is 3.87. The zero-order valence-corrected chi connectivity index (χ0v) is 10.2. The normalized spacial score (nSPS) is 12.0. The van der Waals surface area contributed by atoms with Crippen molar-refractivity contribution in [2.45, 2.75) is 19.4 Å². The van der Waals surface area contributed by atoms with Crippen LogP contribution in [0, 0.1) is 0 Å². The monoisotopic (exact) mass is 236 g/mol. The van der Waals surface area contributed by atoms with E-state index in [2.05, 4.69) is 5.32 Å². The van der Waals surface area contributed by atoms with E-state index in [1.165, 1.54) is 4.57 Å². The molecular formula is C12H16N2O3. The molecule has 5 heteroatoms. The van der Waals surface area contributed by atoms with Gasteiger partial charge in [0.2, 0.25) is 0 Å². The maximum atomic E-state index is 11.3. The highest BCUT2D eigenvalue weighted by Crippen LogP contribution is 2.18. The van der Waals surface area contributed by atoms with Crippen molar-refractivity contribution in [1.82, 2.24) is 4.57 Å². The van der Waals surface area contributed by atoms with Crippen molar-refractivity contribution < 1.29 is 9.52 Å². The van der Waals surface area contributed by atoms with Crippen molar-refractivity contribution in [3.63, 3.8) is 0 Å². The molecule has 0 bridgehead atoms. The summed E-state index contributed by atoms with van der Waals surface area (Å²) in [6, 6.07) is 5.42. The first-order valence-electron chi connectivity index (χ1n) is 5.43. The number of hydrogen-bond donors (Lipinski definition) is 2. The summed E-state index contributed by atoms with van der Waals surface area (Å²) < 4.78 is 6.53. The lowest BCUT2D eigenvalue weighted by molar-refractivity contribution is 0.0945. The summed E-state index contributed by atoms with van der Waals surface area (Å²) in [7, 11) is 1.66. The molecule has 2 N–H and O–H groups in total. The van der Waals surface area contributed by atoms with Crippen LogP contribution in [0.5, 0.6) is 0 Å². The Balaban J connectivity index is 2.29. The predicted molar refractivity (Wildman–Crippen MR) is 66.2 cm³/mol. The van der Waals surface area contributed by atoms with Gasteiger partial charge in [0.25, 0.3) is 0 Å². The summed E-state index contributed by atoms with van der Waals surface area (Å²) in [6.07, 6.45) is 0. The van der Waals surface area contributed by atoms with E-state index in [9.17, 15) is 9.90 Å². The van der Waals surface area contributed by atoms with Crippen molar-refractivity contribution in [2.24, 2.45) is 7.05 Å². The van der Waals surface area contributed by atoms with Crippen molar-refractivity contribution in [3.05, 3.63) is 28.7 Å². The lowest BCUT2D eigenvalue weighted by Crippen LogP contribution is -2.29. The van der Waals surface area contributed by atoms with Crippen molar-refractivity contribution in [3.8, 4) is 0 Å². The molecule has 0 aliphatic rings. The van der Waals surface area contributed by atoms with Crippen LogP contribution in [0.2, 0.25) is 0 Å². The molecule has 92 valence electrons. The number of nitrogens with zero attached hydrogens (tertiary/aromatic N) is 1. The lowest BCUT2D eigenvalue weighted by atomic mass is 10.1. The first-order chi connectivity index (χ1) is 7.87. The Morgan fingerprint density at radius 2 is 2.18 bits per heavy atom. The average molecular weight is 236 g/mol. The number of oxazole rings is 1.